The molecule has 0 aromatic heterocycles. The first kappa shape index (κ1) is 62.1. The lowest BCUT2D eigenvalue weighted by Gasteiger charge is -2.67. The van der Waals surface area contributed by atoms with Crippen LogP contribution in [0.2, 0.25) is 0 Å². The van der Waals surface area contributed by atoms with Crippen LogP contribution in [0.5, 0.6) is 0 Å². The lowest BCUT2D eigenvalue weighted by atomic mass is 9.44. The molecule has 1 heterocycles. The maximum atomic E-state index is 15.8. The van der Waals surface area contributed by atoms with Crippen LogP contribution in [0.3, 0.4) is 0 Å². The van der Waals surface area contributed by atoms with Gasteiger partial charge in [0.2, 0.25) is 6.10 Å². The number of esters is 4. The Morgan fingerprint density at radius 2 is 1.41 bits per heavy atom. The lowest BCUT2D eigenvalue weighted by Crippen LogP contribution is -2.82. The van der Waals surface area contributed by atoms with E-state index in [1.54, 1.807) is 66.7 Å². The third kappa shape index (κ3) is 13.5. The molecule has 0 spiro atoms. The number of rotatable bonds is 21. The molecule has 11 atom stereocenters. The lowest BCUT2D eigenvalue weighted by molar-refractivity contribution is -0.346. The summed E-state index contributed by atoms with van der Waals surface area (Å²) in [6.07, 6.45) is -13.6. The minimum atomic E-state index is -4.28. The van der Waals surface area contributed by atoms with Crippen LogP contribution in [-0.4, -0.2) is 162 Å². The molecule has 2 bridgehead atoms. The molecule has 1 aliphatic heterocycles. The van der Waals surface area contributed by atoms with Gasteiger partial charge in [-0.2, -0.15) is 8.42 Å². The molecule has 3 aliphatic carbocycles. The van der Waals surface area contributed by atoms with Gasteiger partial charge in [0.05, 0.1) is 35.4 Å². The van der Waals surface area contributed by atoms with E-state index < -0.39 is 141 Å². The molecule has 3 aromatic carbocycles. The zero-order chi connectivity index (χ0) is 59.1. The van der Waals surface area contributed by atoms with Crippen molar-refractivity contribution in [3.05, 3.63) is 119 Å². The molecule has 1 saturated heterocycles. The molecule has 0 radical (unpaired) electrons. The number of amides is 2. The number of benzene rings is 3. The number of hydrogen-bond acceptors (Lipinski definition) is 22. The number of nitrogens with one attached hydrogen (secondary N) is 2. The quantitative estimate of drug-likeness (QED) is 0.0237. The van der Waals surface area contributed by atoms with Crippen LogP contribution in [-0.2, 0) is 67.2 Å². The van der Waals surface area contributed by atoms with E-state index in [0.717, 1.165) is 13.8 Å². The molecule has 2 unspecified atom stereocenters. The van der Waals surface area contributed by atoms with E-state index in [9.17, 15) is 47.4 Å². The zero-order valence-electron chi connectivity index (χ0n) is 45.1. The highest BCUT2D eigenvalue weighted by Crippen LogP contribution is 2.64. The summed E-state index contributed by atoms with van der Waals surface area (Å²) in [6, 6.07) is 22.1. The Hall–Kier alpha value is -6.55. The van der Waals surface area contributed by atoms with Crippen molar-refractivity contribution in [3.63, 3.8) is 0 Å². The van der Waals surface area contributed by atoms with Crippen LogP contribution >= 0.6 is 21.6 Å². The Labute approximate surface area is 474 Å². The fourth-order valence-corrected chi connectivity index (χ4v) is 13.2. The topological polar surface area (TPSA) is 329 Å². The summed E-state index contributed by atoms with van der Waals surface area (Å²) < 4.78 is 77.6. The zero-order valence-corrected chi connectivity index (χ0v) is 47.5. The number of aliphatic hydroxyl groups excluding tert-OH is 1. The highest BCUT2D eigenvalue weighted by Gasteiger charge is 2.78. The monoisotopic (exact) mass is 1180 g/mol. The Balaban J connectivity index is 1.26. The molecule has 7 rings (SSSR count). The van der Waals surface area contributed by atoms with Crippen LogP contribution in [0.4, 0.5) is 9.59 Å². The maximum Gasteiger partial charge on any atom is 0.509 e. The van der Waals surface area contributed by atoms with E-state index in [0.29, 0.717) is 0 Å². The van der Waals surface area contributed by atoms with E-state index in [-0.39, 0.29) is 72.1 Å². The average molecular weight is 1190 g/mol. The molecule has 5 N–H and O–H groups in total. The van der Waals surface area contributed by atoms with Crippen LogP contribution in [0.1, 0.15) is 86.7 Å². The molecule has 2 amide bonds. The van der Waals surface area contributed by atoms with Gasteiger partial charge in [0.15, 0.2) is 17.5 Å². The molecule has 438 valence electrons. The Bertz CT molecular complexity index is 2980. The standard InChI is InChI=1S/C55H64N2O21S3/c1-31-37(75-49(64)43(41(34-16-10-7-11-17-34)57-47(62)35-18-12-8-13-19-35)76-51(66)72-24-26-80-79-25-23-71-50(65)56-22-27-81(68,69)70)29-55(67)46(77-48(63)36-20-14-9-15-21-36)44-53(6,38(60)28-39-54(44,30-73-39)78-33(3)59)45(61)42(74-32(2)58)40(31)52(55,4)5/h7-21,37-39,41-44,46,60,67H,22-30H2,1-6H3,(H,56,65)(H,57,62)(H,68,69,70)/t37?,38-,39+,41-,42+,43+,44-,46?,53+,54-,55+/m0/s1. The minimum Gasteiger partial charge on any atom is -0.455 e. The number of aliphatic hydroxyl groups is 2. The van der Waals surface area contributed by atoms with Crippen LogP contribution < -0.4 is 10.6 Å². The molecule has 4 aliphatic rings. The van der Waals surface area contributed by atoms with Gasteiger partial charge < -0.3 is 58.7 Å². The van der Waals surface area contributed by atoms with Gasteiger partial charge in [-0.05, 0) is 54.8 Å². The average Bonchev–Trinajstić information content (AvgIpc) is 2.89. The molecule has 3 fully saturated rings. The van der Waals surface area contributed by atoms with Crippen molar-refractivity contribution in [2.24, 2.45) is 16.7 Å². The predicted octanol–water partition coefficient (Wildman–Crippen LogP) is 4.89. The van der Waals surface area contributed by atoms with Crippen molar-refractivity contribution in [3.8, 4) is 0 Å². The van der Waals surface area contributed by atoms with E-state index in [4.69, 9.17) is 42.4 Å². The number of hydrogen-bond donors (Lipinski definition) is 5. The number of ether oxygens (including phenoxy) is 8. The first-order chi connectivity index (χ1) is 38.2. The summed E-state index contributed by atoms with van der Waals surface area (Å²) in [5.41, 5.74) is -7.92. The fraction of sp³-hybridized carbons (Fsp3) is 0.491. The number of Topliss-reactive ketones (excluding diaryl/α,β-unsaturated/α-hetero) is 1. The first-order valence-corrected chi connectivity index (χ1v) is 29.8. The highest BCUT2D eigenvalue weighted by atomic mass is 33.1. The van der Waals surface area contributed by atoms with Crippen molar-refractivity contribution < 1.29 is 99.4 Å². The molecule has 81 heavy (non-hydrogen) atoms. The summed E-state index contributed by atoms with van der Waals surface area (Å²) in [7, 11) is -1.85. The van der Waals surface area contributed by atoms with Gasteiger partial charge in [-0.15, -0.1) is 0 Å². The first-order valence-electron chi connectivity index (χ1n) is 25.7. The van der Waals surface area contributed by atoms with Crippen molar-refractivity contribution in [1.29, 1.82) is 0 Å². The SMILES string of the molecule is CC(=O)O[C@H]1C(=O)[C@@]2(C)[C@H](C(OC(=O)c3ccccc3)[C@]3(O)CC(OC(=O)[C@H](OC(=O)OCCSSCCOC(=O)NCCS(=O)(=O)O)[C@@H](NC(=O)c4ccccc4)c4ccccc4)C(C)=C1C3(C)C)[C@]1(OC(C)=O)CO[C@@H]1C[C@@H]2O. The summed E-state index contributed by atoms with van der Waals surface area (Å²) in [4.78, 5) is 112. The van der Waals surface area contributed by atoms with Crippen molar-refractivity contribution in [2.75, 3.05) is 43.6 Å². The van der Waals surface area contributed by atoms with Gasteiger partial charge in [0, 0.05) is 55.7 Å². The van der Waals surface area contributed by atoms with Gasteiger partial charge in [0.25, 0.3) is 16.0 Å². The second-order valence-electron chi connectivity index (χ2n) is 20.5. The van der Waals surface area contributed by atoms with Gasteiger partial charge >= 0.3 is 36.1 Å². The summed E-state index contributed by atoms with van der Waals surface area (Å²) in [5.74, 6) is -7.68. The molecular formula is C55H64N2O21S3. The summed E-state index contributed by atoms with van der Waals surface area (Å²) >= 11 is 0. The van der Waals surface area contributed by atoms with Crippen LogP contribution in [0.25, 0.3) is 0 Å². The van der Waals surface area contributed by atoms with E-state index in [2.05, 4.69) is 10.6 Å². The van der Waals surface area contributed by atoms with Crippen molar-refractivity contribution >= 4 is 79.5 Å². The fourth-order valence-electron chi connectivity index (χ4n) is 11.2. The van der Waals surface area contributed by atoms with Crippen molar-refractivity contribution in [2.45, 2.75) is 108 Å². The van der Waals surface area contributed by atoms with Gasteiger partial charge in [-0.25, -0.2) is 19.2 Å². The largest absolute Gasteiger partial charge is 0.509 e. The smallest absolute Gasteiger partial charge is 0.455 e. The third-order valence-corrected chi connectivity index (χ3v) is 18.2. The number of carbonyl (C=O) groups excluding carboxylic acids is 8. The number of carbonyl (C=O) groups is 8. The molecule has 2 saturated carbocycles. The van der Waals surface area contributed by atoms with Gasteiger partial charge in [0.1, 0.15) is 43.2 Å². The molecular weight excluding hydrogens is 1120 g/mol. The van der Waals surface area contributed by atoms with Crippen LogP contribution in [0.15, 0.2) is 102 Å². The van der Waals surface area contributed by atoms with Gasteiger partial charge in [-0.3, -0.25) is 23.7 Å². The number of ketones is 1. The Kier molecular flexibility index (Phi) is 19.7. The van der Waals surface area contributed by atoms with Crippen molar-refractivity contribution in [1.82, 2.24) is 10.6 Å². The Morgan fingerprint density at radius 1 is 0.815 bits per heavy atom. The second-order valence-corrected chi connectivity index (χ2v) is 24.8. The number of fused-ring (bicyclic) bond motifs is 5. The highest BCUT2D eigenvalue weighted by molar-refractivity contribution is 8.76. The Morgan fingerprint density at radius 3 is 1.98 bits per heavy atom. The maximum absolute atomic E-state index is 15.8. The van der Waals surface area contributed by atoms with Gasteiger partial charge in [-0.1, -0.05) is 102 Å². The van der Waals surface area contributed by atoms with E-state index in [1.165, 1.54) is 73.5 Å². The normalized spacial score (nSPS) is 27.1. The van der Waals surface area contributed by atoms with Crippen LogP contribution in [0, 0.1) is 16.7 Å². The van der Waals surface area contributed by atoms with E-state index in [1.807, 2.05) is 0 Å². The third-order valence-electron chi connectivity index (χ3n) is 15.2. The van der Waals surface area contributed by atoms with E-state index >= 15 is 9.59 Å². The second kappa shape index (κ2) is 25.7. The number of alkyl carbamates (subject to hydrolysis) is 1. The predicted molar refractivity (Wildman–Crippen MR) is 289 cm³/mol. The molecule has 23 nitrogen and oxygen atoms in total. The summed E-state index contributed by atoms with van der Waals surface area (Å²) in [5, 5.41) is 31.2. The minimum absolute atomic E-state index is 0.0108. The molecule has 26 heteroatoms. The summed E-state index contributed by atoms with van der Waals surface area (Å²) in [6.45, 7) is 6.91. The molecule has 3 aromatic rings.